The van der Waals surface area contributed by atoms with Crippen LogP contribution in [0.1, 0.15) is 11.5 Å². The molecule has 0 radical (unpaired) electrons. The zero-order valence-corrected chi connectivity index (χ0v) is 8.78. The Hall–Kier alpha value is -1.80. The molecular weight excluding hydrogens is 210 g/mol. The molecule has 1 aromatic heterocycles. The maximum Gasteiger partial charge on any atom is 0.281 e. The summed E-state index contributed by atoms with van der Waals surface area (Å²) in [4.78, 5) is 0.915. The summed E-state index contributed by atoms with van der Waals surface area (Å²) < 4.78 is 5.22. The van der Waals surface area contributed by atoms with Crippen molar-refractivity contribution in [3.05, 3.63) is 35.7 Å². The number of hydrogen-bond donors (Lipinski definition) is 0. The molecule has 0 unspecified atom stereocenters. The monoisotopic (exact) mass is 217 g/mol. The first-order chi connectivity index (χ1) is 7.28. The van der Waals surface area contributed by atoms with Crippen molar-refractivity contribution in [1.82, 2.24) is 10.2 Å². The summed E-state index contributed by atoms with van der Waals surface area (Å²) in [5.41, 5.74) is 0.622. The molecule has 0 atom stereocenters. The average Bonchev–Trinajstić information content (AvgIpc) is 2.64. The number of nitrogens with zero attached hydrogens (tertiary/aromatic N) is 3. The van der Waals surface area contributed by atoms with E-state index >= 15 is 0 Å². The van der Waals surface area contributed by atoms with Crippen LogP contribution >= 0.6 is 11.8 Å². The summed E-state index contributed by atoms with van der Waals surface area (Å²) in [6, 6.07) is 9.33. The van der Waals surface area contributed by atoms with Crippen LogP contribution in [0.2, 0.25) is 0 Å². The molecule has 0 amide bonds. The molecular formula is C10H7N3OS. The minimum atomic E-state index is 0.489. The fourth-order valence-electron chi connectivity index (χ4n) is 1.05. The third kappa shape index (κ3) is 2.36. The Morgan fingerprint density at radius 2 is 2.27 bits per heavy atom. The topological polar surface area (TPSA) is 62.7 Å². The average molecular weight is 217 g/mol. The smallest absolute Gasteiger partial charge is 0.281 e. The van der Waals surface area contributed by atoms with Gasteiger partial charge in [0.2, 0.25) is 5.89 Å². The van der Waals surface area contributed by atoms with Crippen LogP contribution in [0.5, 0.6) is 0 Å². The second kappa shape index (κ2) is 4.15. The predicted octanol–water partition coefficient (Wildman–Crippen LogP) is 2.40. The molecule has 0 N–H and O–H groups in total. The Morgan fingerprint density at radius 1 is 1.40 bits per heavy atom. The maximum absolute atomic E-state index is 8.72. The zero-order chi connectivity index (χ0) is 10.7. The third-order valence-electron chi connectivity index (χ3n) is 1.68. The molecule has 2 rings (SSSR count). The Labute approximate surface area is 90.9 Å². The lowest BCUT2D eigenvalue weighted by Crippen LogP contribution is -1.76. The normalized spacial score (nSPS) is 9.87. The van der Waals surface area contributed by atoms with Gasteiger partial charge in [0.25, 0.3) is 5.22 Å². The lowest BCUT2D eigenvalue weighted by atomic mass is 10.2. The van der Waals surface area contributed by atoms with Gasteiger partial charge in [-0.05, 0) is 30.0 Å². The van der Waals surface area contributed by atoms with Gasteiger partial charge in [0.05, 0.1) is 11.6 Å². The molecule has 0 saturated heterocycles. The Bertz CT molecular complexity index is 515. The van der Waals surface area contributed by atoms with Crippen molar-refractivity contribution in [3.8, 4) is 6.07 Å². The van der Waals surface area contributed by atoms with E-state index in [9.17, 15) is 0 Å². The van der Waals surface area contributed by atoms with E-state index in [2.05, 4.69) is 16.3 Å². The van der Waals surface area contributed by atoms with Crippen LogP contribution in [-0.2, 0) is 0 Å². The molecule has 0 fully saturated rings. The van der Waals surface area contributed by atoms with E-state index in [1.807, 2.05) is 12.1 Å². The van der Waals surface area contributed by atoms with Gasteiger partial charge in [0.15, 0.2) is 0 Å². The molecule has 74 valence electrons. The highest BCUT2D eigenvalue weighted by molar-refractivity contribution is 7.99. The standard InChI is InChI=1S/C10H7N3OS/c1-7-12-13-10(14-7)15-9-4-2-3-8(5-9)6-11/h2-5H,1H3. The summed E-state index contributed by atoms with van der Waals surface area (Å²) in [6.07, 6.45) is 0. The number of hydrogen-bond acceptors (Lipinski definition) is 5. The molecule has 0 bridgehead atoms. The third-order valence-corrected chi connectivity index (χ3v) is 2.51. The number of rotatable bonds is 2. The highest BCUT2D eigenvalue weighted by Crippen LogP contribution is 2.26. The summed E-state index contributed by atoms with van der Waals surface area (Å²) in [5, 5.41) is 16.8. The number of nitriles is 1. The minimum absolute atomic E-state index is 0.489. The van der Waals surface area contributed by atoms with Crippen molar-refractivity contribution in [1.29, 1.82) is 5.26 Å². The largest absolute Gasteiger partial charge is 0.416 e. The van der Waals surface area contributed by atoms with Crippen LogP contribution in [0.15, 0.2) is 38.8 Å². The molecule has 0 aliphatic heterocycles. The summed E-state index contributed by atoms with van der Waals surface area (Å²) in [7, 11) is 0. The minimum Gasteiger partial charge on any atom is -0.416 e. The lowest BCUT2D eigenvalue weighted by Gasteiger charge is -1.95. The van der Waals surface area contributed by atoms with Gasteiger partial charge in [0, 0.05) is 11.8 Å². The SMILES string of the molecule is Cc1nnc(Sc2cccc(C#N)c2)o1. The molecule has 4 nitrogen and oxygen atoms in total. The van der Waals surface area contributed by atoms with E-state index < -0.39 is 0 Å². The molecule has 0 aliphatic carbocycles. The fourth-order valence-corrected chi connectivity index (χ4v) is 1.83. The van der Waals surface area contributed by atoms with Crippen molar-refractivity contribution in [2.24, 2.45) is 0 Å². The first kappa shape index (κ1) is 9.74. The van der Waals surface area contributed by atoms with Crippen molar-refractivity contribution in [2.75, 3.05) is 0 Å². The van der Waals surface area contributed by atoms with Gasteiger partial charge in [-0.25, -0.2) is 0 Å². The van der Waals surface area contributed by atoms with E-state index in [0.29, 0.717) is 16.7 Å². The Kier molecular flexibility index (Phi) is 2.70. The first-order valence-corrected chi connectivity index (χ1v) is 5.08. The molecule has 0 saturated carbocycles. The van der Waals surface area contributed by atoms with Gasteiger partial charge in [0.1, 0.15) is 0 Å². The summed E-state index contributed by atoms with van der Waals surface area (Å²) in [6.45, 7) is 1.74. The van der Waals surface area contributed by atoms with E-state index in [4.69, 9.17) is 9.68 Å². The van der Waals surface area contributed by atoms with Crippen molar-refractivity contribution in [3.63, 3.8) is 0 Å². The van der Waals surface area contributed by atoms with Crippen LogP contribution in [0.3, 0.4) is 0 Å². The van der Waals surface area contributed by atoms with E-state index in [0.717, 1.165) is 4.90 Å². The van der Waals surface area contributed by atoms with Gasteiger partial charge in [-0.3, -0.25) is 0 Å². The molecule has 15 heavy (non-hydrogen) atoms. The lowest BCUT2D eigenvalue weighted by molar-refractivity contribution is 0.429. The quantitative estimate of drug-likeness (QED) is 0.772. The predicted molar refractivity (Wildman–Crippen MR) is 54.3 cm³/mol. The maximum atomic E-state index is 8.72. The summed E-state index contributed by atoms with van der Waals surface area (Å²) >= 11 is 1.35. The molecule has 1 heterocycles. The van der Waals surface area contributed by atoms with E-state index in [1.165, 1.54) is 11.8 Å². The summed E-state index contributed by atoms with van der Waals surface area (Å²) in [5.74, 6) is 0.536. The molecule has 0 aliphatic rings. The van der Waals surface area contributed by atoms with Crippen molar-refractivity contribution < 1.29 is 4.42 Å². The second-order valence-electron chi connectivity index (χ2n) is 2.83. The first-order valence-electron chi connectivity index (χ1n) is 4.26. The van der Waals surface area contributed by atoms with Crippen LogP contribution < -0.4 is 0 Å². The molecule has 2 aromatic rings. The van der Waals surface area contributed by atoms with Crippen molar-refractivity contribution in [2.45, 2.75) is 17.0 Å². The van der Waals surface area contributed by atoms with Crippen LogP contribution in [-0.4, -0.2) is 10.2 Å². The van der Waals surface area contributed by atoms with Gasteiger partial charge in [-0.2, -0.15) is 5.26 Å². The second-order valence-corrected chi connectivity index (χ2v) is 3.85. The Morgan fingerprint density at radius 3 is 2.93 bits per heavy atom. The van der Waals surface area contributed by atoms with Gasteiger partial charge >= 0.3 is 0 Å². The zero-order valence-electron chi connectivity index (χ0n) is 7.97. The Balaban J connectivity index is 2.21. The number of aryl methyl sites for hydroxylation is 1. The molecule has 1 aromatic carbocycles. The van der Waals surface area contributed by atoms with E-state index in [1.54, 1.807) is 19.1 Å². The highest BCUT2D eigenvalue weighted by atomic mass is 32.2. The van der Waals surface area contributed by atoms with Gasteiger partial charge in [-0.1, -0.05) is 6.07 Å². The van der Waals surface area contributed by atoms with Crippen LogP contribution in [0, 0.1) is 18.3 Å². The van der Waals surface area contributed by atoms with Crippen molar-refractivity contribution >= 4 is 11.8 Å². The molecule has 5 heteroatoms. The highest BCUT2D eigenvalue weighted by Gasteiger charge is 2.04. The number of benzene rings is 1. The van der Waals surface area contributed by atoms with E-state index in [-0.39, 0.29) is 0 Å². The fraction of sp³-hybridized carbons (Fsp3) is 0.100. The van der Waals surface area contributed by atoms with Gasteiger partial charge in [-0.15, -0.1) is 10.2 Å². The van der Waals surface area contributed by atoms with Crippen LogP contribution in [0.4, 0.5) is 0 Å². The van der Waals surface area contributed by atoms with Crippen LogP contribution in [0.25, 0.3) is 0 Å². The molecule has 0 spiro atoms. The van der Waals surface area contributed by atoms with Gasteiger partial charge < -0.3 is 4.42 Å². The number of aromatic nitrogens is 2.